The summed E-state index contributed by atoms with van der Waals surface area (Å²) in [7, 11) is 0. The van der Waals surface area contributed by atoms with Crippen LogP contribution in [-0.2, 0) is 9.59 Å². The van der Waals surface area contributed by atoms with Gasteiger partial charge in [0.25, 0.3) is 0 Å². The second kappa shape index (κ2) is 7.59. The fourth-order valence-corrected chi connectivity index (χ4v) is 2.86. The highest BCUT2D eigenvalue weighted by atomic mass is 16.2. The van der Waals surface area contributed by atoms with Crippen LogP contribution in [0.15, 0.2) is 12.3 Å². The molecule has 7 heteroatoms. The van der Waals surface area contributed by atoms with Crippen LogP contribution in [0.1, 0.15) is 40.2 Å². The van der Waals surface area contributed by atoms with Gasteiger partial charge in [-0.3, -0.25) is 14.5 Å². The molecule has 1 aliphatic rings. The Morgan fingerprint density at radius 1 is 1.17 bits per heavy atom. The second-order valence-electron chi connectivity index (χ2n) is 6.32. The van der Waals surface area contributed by atoms with E-state index in [1.165, 1.54) is 0 Å². The number of hydrogen-bond acceptors (Lipinski definition) is 4. The smallest absolute Gasteiger partial charge is 0.242 e. The third-order valence-electron chi connectivity index (χ3n) is 4.31. The molecule has 0 radical (unpaired) electrons. The zero-order valence-electron chi connectivity index (χ0n) is 14.5. The molecule has 0 unspecified atom stereocenters. The van der Waals surface area contributed by atoms with Gasteiger partial charge in [-0.25, -0.2) is 4.68 Å². The monoisotopic (exact) mass is 321 g/mol. The molecular formula is C16H27N5O2. The number of nitrogens with zero attached hydrogens (tertiary/aromatic N) is 4. The lowest BCUT2D eigenvalue weighted by molar-refractivity contribution is -0.128. The molecule has 1 fully saturated rings. The van der Waals surface area contributed by atoms with Crippen LogP contribution in [-0.4, -0.2) is 63.6 Å². The second-order valence-corrected chi connectivity index (χ2v) is 6.32. The molecule has 2 heterocycles. The van der Waals surface area contributed by atoms with E-state index in [1.54, 1.807) is 17.8 Å². The van der Waals surface area contributed by atoms with Gasteiger partial charge in [0.05, 0.1) is 12.2 Å². The molecule has 1 aromatic rings. The molecule has 23 heavy (non-hydrogen) atoms. The van der Waals surface area contributed by atoms with Crippen molar-refractivity contribution in [1.29, 1.82) is 0 Å². The van der Waals surface area contributed by atoms with Crippen molar-refractivity contribution in [2.75, 3.05) is 31.5 Å². The molecule has 1 atom stereocenters. The van der Waals surface area contributed by atoms with Crippen molar-refractivity contribution >= 4 is 17.6 Å². The van der Waals surface area contributed by atoms with Crippen LogP contribution in [0.2, 0.25) is 0 Å². The van der Waals surface area contributed by atoms with Gasteiger partial charge >= 0.3 is 0 Å². The molecule has 2 amide bonds. The number of carbonyl (C=O) groups excluding carboxylic acids is 2. The average Bonchev–Trinajstić information content (AvgIpc) is 2.81. The minimum absolute atomic E-state index is 0.0383. The lowest BCUT2D eigenvalue weighted by Gasteiger charge is -2.27. The fraction of sp³-hybridized carbons (Fsp3) is 0.688. The van der Waals surface area contributed by atoms with Gasteiger partial charge in [-0.05, 0) is 27.2 Å². The first-order valence-corrected chi connectivity index (χ1v) is 8.24. The van der Waals surface area contributed by atoms with E-state index in [-0.39, 0.29) is 23.9 Å². The Hall–Kier alpha value is -1.89. The van der Waals surface area contributed by atoms with Crippen LogP contribution in [0, 0.1) is 0 Å². The molecule has 0 spiro atoms. The van der Waals surface area contributed by atoms with Gasteiger partial charge < -0.3 is 10.2 Å². The number of rotatable bonds is 4. The maximum absolute atomic E-state index is 12.5. The lowest BCUT2D eigenvalue weighted by atomic mass is 10.2. The van der Waals surface area contributed by atoms with Gasteiger partial charge in [-0.1, -0.05) is 0 Å². The first-order chi connectivity index (χ1) is 10.9. The highest BCUT2D eigenvalue weighted by Gasteiger charge is 2.25. The Labute approximate surface area is 137 Å². The highest BCUT2D eigenvalue weighted by molar-refractivity contribution is 5.93. The standard InChI is InChI=1S/C16H27N5O2/c1-12(2)21-15(6-7-17-21)18-16(23)13(3)19-8-5-9-20(11-10-19)14(4)22/h6-7,12-13H,5,8-11H2,1-4H3,(H,18,23)/t13-/m1/s1. The molecule has 1 saturated heterocycles. The number of carbonyl (C=O) groups is 2. The molecule has 128 valence electrons. The summed E-state index contributed by atoms with van der Waals surface area (Å²) in [5.41, 5.74) is 0. The van der Waals surface area contributed by atoms with E-state index in [1.807, 2.05) is 31.7 Å². The molecule has 2 rings (SSSR count). The van der Waals surface area contributed by atoms with Crippen molar-refractivity contribution in [3.63, 3.8) is 0 Å². The van der Waals surface area contributed by atoms with E-state index in [4.69, 9.17) is 0 Å². The van der Waals surface area contributed by atoms with Crippen LogP contribution in [0.25, 0.3) is 0 Å². The van der Waals surface area contributed by atoms with Crippen LogP contribution in [0.5, 0.6) is 0 Å². The largest absolute Gasteiger partial charge is 0.342 e. The first-order valence-electron chi connectivity index (χ1n) is 8.24. The van der Waals surface area contributed by atoms with Crippen LogP contribution in [0.4, 0.5) is 5.82 Å². The summed E-state index contributed by atoms with van der Waals surface area (Å²) in [4.78, 5) is 28.0. The minimum Gasteiger partial charge on any atom is -0.342 e. The Morgan fingerprint density at radius 2 is 1.91 bits per heavy atom. The Balaban J connectivity index is 1.96. The van der Waals surface area contributed by atoms with Crippen LogP contribution < -0.4 is 5.32 Å². The van der Waals surface area contributed by atoms with E-state index in [9.17, 15) is 9.59 Å². The summed E-state index contributed by atoms with van der Waals surface area (Å²) in [5, 5.41) is 7.19. The predicted octanol–water partition coefficient (Wildman–Crippen LogP) is 1.35. The molecule has 1 N–H and O–H groups in total. The van der Waals surface area contributed by atoms with Crippen LogP contribution in [0.3, 0.4) is 0 Å². The number of anilines is 1. The molecule has 0 saturated carbocycles. The van der Waals surface area contributed by atoms with Gasteiger partial charge in [0.1, 0.15) is 5.82 Å². The Morgan fingerprint density at radius 3 is 2.57 bits per heavy atom. The van der Waals surface area contributed by atoms with E-state index in [2.05, 4.69) is 15.3 Å². The molecule has 0 bridgehead atoms. The molecule has 1 aliphatic heterocycles. The van der Waals surface area contributed by atoms with Crippen molar-refractivity contribution in [1.82, 2.24) is 19.6 Å². The summed E-state index contributed by atoms with van der Waals surface area (Å²) < 4.78 is 1.80. The Bertz CT molecular complexity index is 554. The summed E-state index contributed by atoms with van der Waals surface area (Å²) in [5.74, 6) is 0.783. The van der Waals surface area contributed by atoms with Crippen molar-refractivity contribution in [2.24, 2.45) is 0 Å². The molecule has 0 aromatic carbocycles. The van der Waals surface area contributed by atoms with E-state index < -0.39 is 0 Å². The predicted molar refractivity (Wildman–Crippen MR) is 89.1 cm³/mol. The quantitative estimate of drug-likeness (QED) is 0.908. The molecular weight excluding hydrogens is 294 g/mol. The van der Waals surface area contributed by atoms with Crippen molar-refractivity contribution in [3.05, 3.63) is 12.3 Å². The maximum Gasteiger partial charge on any atom is 0.242 e. The zero-order chi connectivity index (χ0) is 17.0. The SMILES string of the molecule is CC(=O)N1CCCN([C@H](C)C(=O)Nc2ccnn2C(C)C)CC1. The number of amides is 2. The number of aromatic nitrogens is 2. The fourth-order valence-electron chi connectivity index (χ4n) is 2.86. The van der Waals surface area contributed by atoms with Gasteiger partial charge in [0.15, 0.2) is 0 Å². The summed E-state index contributed by atoms with van der Waals surface area (Å²) in [6.45, 7) is 10.5. The van der Waals surface area contributed by atoms with Gasteiger partial charge in [0.2, 0.25) is 11.8 Å². The van der Waals surface area contributed by atoms with E-state index in [0.29, 0.717) is 6.54 Å². The summed E-state index contributed by atoms with van der Waals surface area (Å²) in [6, 6.07) is 1.76. The third-order valence-corrected chi connectivity index (χ3v) is 4.31. The topological polar surface area (TPSA) is 70.5 Å². The normalized spacial score (nSPS) is 17.9. The third kappa shape index (κ3) is 4.31. The van der Waals surface area contributed by atoms with Crippen molar-refractivity contribution in [3.8, 4) is 0 Å². The van der Waals surface area contributed by atoms with E-state index in [0.717, 1.165) is 31.9 Å². The first kappa shape index (κ1) is 17.5. The van der Waals surface area contributed by atoms with Crippen molar-refractivity contribution < 1.29 is 9.59 Å². The summed E-state index contributed by atoms with van der Waals surface area (Å²) in [6.07, 6.45) is 2.58. The van der Waals surface area contributed by atoms with Gasteiger partial charge in [0, 0.05) is 45.2 Å². The number of nitrogens with one attached hydrogen (secondary N) is 1. The highest BCUT2D eigenvalue weighted by Crippen LogP contribution is 2.15. The lowest BCUT2D eigenvalue weighted by Crippen LogP contribution is -2.44. The molecule has 0 aliphatic carbocycles. The maximum atomic E-state index is 12.5. The zero-order valence-corrected chi connectivity index (χ0v) is 14.5. The van der Waals surface area contributed by atoms with Gasteiger partial charge in [-0.2, -0.15) is 5.10 Å². The molecule has 7 nitrogen and oxygen atoms in total. The van der Waals surface area contributed by atoms with Gasteiger partial charge in [-0.15, -0.1) is 0 Å². The average molecular weight is 321 g/mol. The minimum atomic E-state index is -0.238. The number of hydrogen-bond donors (Lipinski definition) is 1. The molecule has 1 aromatic heterocycles. The van der Waals surface area contributed by atoms with Crippen LogP contribution >= 0.6 is 0 Å². The van der Waals surface area contributed by atoms with Crippen molar-refractivity contribution in [2.45, 2.75) is 46.2 Å². The Kier molecular flexibility index (Phi) is 5.76. The van der Waals surface area contributed by atoms with E-state index >= 15 is 0 Å². The summed E-state index contributed by atoms with van der Waals surface area (Å²) >= 11 is 0.